The first-order valence-corrected chi connectivity index (χ1v) is 8.37. The van der Waals surface area contributed by atoms with Gasteiger partial charge in [0, 0.05) is 7.05 Å². The van der Waals surface area contributed by atoms with Gasteiger partial charge in [0.2, 0.25) is 11.7 Å². The second-order valence-corrected chi connectivity index (χ2v) is 7.02. The molecule has 0 aliphatic rings. The summed E-state index contributed by atoms with van der Waals surface area (Å²) in [6, 6.07) is 2.41. The standard InChI is InChI=1S/C14H11ClF6N4OS/c1-6(27-12-24-23-11(25(12)2)14(19,20)21)10(26)22-9-5-7(13(16,17)18)3-4-8(9)15/h3-6H,1-2H3,(H,22,26). The Morgan fingerprint density at radius 1 is 1.19 bits per heavy atom. The summed E-state index contributed by atoms with van der Waals surface area (Å²) in [7, 11) is 1.08. The summed E-state index contributed by atoms with van der Waals surface area (Å²) < 4.78 is 77.1. The molecule has 0 spiro atoms. The molecule has 1 unspecified atom stereocenters. The second-order valence-electron chi connectivity index (χ2n) is 5.30. The lowest BCUT2D eigenvalue weighted by Crippen LogP contribution is -2.23. The van der Waals surface area contributed by atoms with Gasteiger partial charge in [-0.05, 0) is 25.1 Å². The zero-order chi connectivity index (χ0) is 20.6. The molecule has 148 valence electrons. The van der Waals surface area contributed by atoms with Gasteiger partial charge in [0.15, 0.2) is 5.16 Å². The monoisotopic (exact) mass is 432 g/mol. The number of hydrogen-bond acceptors (Lipinski definition) is 4. The first-order valence-electron chi connectivity index (χ1n) is 7.11. The molecule has 5 nitrogen and oxygen atoms in total. The van der Waals surface area contributed by atoms with E-state index in [0.717, 1.165) is 19.2 Å². The number of rotatable bonds is 4. The Hall–Kier alpha value is -1.95. The predicted octanol–water partition coefficient (Wildman–Crippen LogP) is 4.63. The van der Waals surface area contributed by atoms with E-state index in [2.05, 4.69) is 15.5 Å². The summed E-state index contributed by atoms with van der Waals surface area (Å²) in [4.78, 5) is 12.2. The van der Waals surface area contributed by atoms with E-state index >= 15 is 0 Å². The summed E-state index contributed by atoms with van der Waals surface area (Å²) in [6.07, 6.45) is -9.34. The zero-order valence-electron chi connectivity index (χ0n) is 13.6. The number of halogens is 7. The number of carbonyl (C=O) groups excluding carboxylic acids is 1. The molecule has 13 heteroatoms. The number of alkyl halides is 6. The molecule has 0 bridgehead atoms. The number of nitrogens with zero attached hydrogens (tertiary/aromatic N) is 3. The minimum atomic E-state index is -4.71. The van der Waals surface area contributed by atoms with Crippen molar-refractivity contribution in [3.8, 4) is 0 Å². The van der Waals surface area contributed by atoms with Crippen molar-refractivity contribution in [1.82, 2.24) is 14.8 Å². The van der Waals surface area contributed by atoms with E-state index in [0.29, 0.717) is 22.4 Å². The lowest BCUT2D eigenvalue weighted by atomic mass is 10.2. The number of benzene rings is 1. The molecule has 2 aromatic rings. The number of amides is 1. The Kier molecular flexibility index (Phi) is 6.00. The van der Waals surface area contributed by atoms with Crippen LogP contribution >= 0.6 is 23.4 Å². The molecule has 1 N–H and O–H groups in total. The summed E-state index contributed by atoms with van der Waals surface area (Å²) in [5, 5.41) is 7.34. The van der Waals surface area contributed by atoms with Crippen LogP contribution in [0.4, 0.5) is 32.0 Å². The molecule has 0 aliphatic carbocycles. The molecule has 1 aromatic heterocycles. The van der Waals surface area contributed by atoms with E-state index in [9.17, 15) is 31.1 Å². The fraction of sp³-hybridized carbons (Fsp3) is 0.357. The number of carbonyl (C=O) groups is 1. The minimum absolute atomic E-state index is 0.119. The quantitative estimate of drug-likeness (QED) is 0.565. The van der Waals surface area contributed by atoms with E-state index in [1.165, 1.54) is 6.92 Å². The summed E-state index contributed by atoms with van der Waals surface area (Å²) in [6.45, 7) is 1.35. The Balaban J connectivity index is 2.14. The van der Waals surface area contributed by atoms with Crippen LogP contribution in [0.15, 0.2) is 23.4 Å². The van der Waals surface area contributed by atoms with Gasteiger partial charge in [0.05, 0.1) is 21.5 Å². The Morgan fingerprint density at radius 2 is 1.81 bits per heavy atom. The van der Waals surface area contributed by atoms with Crippen LogP contribution in [-0.4, -0.2) is 25.9 Å². The third-order valence-corrected chi connectivity index (χ3v) is 4.75. The van der Waals surface area contributed by atoms with Gasteiger partial charge in [0.1, 0.15) is 0 Å². The van der Waals surface area contributed by atoms with Crippen molar-refractivity contribution in [2.24, 2.45) is 7.05 Å². The SMILES string of the molecule is CC(Sc1nnc(C(F)(F)F)n1C)C(=O)Nc1cc(C(F)(F)F)ccc1Cl. The molecule has 1 heterocycles. The first kappa shape index (κ1) is 21.4. The lowest BCUT2D eigenvalue weighted by Gasteiger charge is -2.14. The lowest BCUT2D eigenvalue weighted by molar-refractivity contribution is -0.147. The fourth-order valence-electron chi connectivity index (χ4n) is 1.91. The molecule has 0 saturated heterocycles. The van der Waals surface area contributed by atoms with Crippen molar-refractivity contribution < 1.29 is 31.1 Å². The number of anilines is 1. The van der Waals surface area contributed by atoms with Gasteiger partial charge in [-0.25, -0.2) is 0 Å². The minimum Gasteiger partial charge on any atom is -0.324 e. The van der Waals surface area contributed by atoms with Crippen molar-refractivity contribution >= 4 is 35.0 Å². The van der Waals surface area contributed by atoms with E-state index in [1.54, 1.807) is 0 Å². The maximum absolute atomic E-state index is 12.8. The smallest absolute Gasteiger partial charge is 0.324 e. The van der Waals surface area contributed by atoms with Crippen LogP contribution < -0.4 is 5.32 Å². The molecule has 1 aromatic carbocycles. The second kappa shape index (κ2) is 7.58. The van der Waals surface area contributed by atoms with E-state index in [4.69, 9.17) is 11.6 Å². The van der Waals surface area contributed by atoms with E-state index < -0.39 is 34.9 Å². The molecule has 1 atom stereocenters. The third-order valence-electron chi connectivity index (χ3n) is 3.29. The largest absolute Gasteiger partial charge is 0.451 e. The molecule has 0 fully saturated rings. The van der Waals surface area contributed by atoms with Crippen molar-refractivity contribution in [2.45, 2.75) is 29.7 Å². The Bertz CT molecular complexity index is 851. The van der Waals surface area contributed by atoms with Crippen LogP contribution in [0.3, 0.4) is 0 Å². The van der Waals surface area contributed by atoms with E-state index in [1.807, 2.05) is 0 Å². The molecule has 0 saturated carbocycles. The van der Waals surface area contributed by atoms with E-state index in [-0.39, 0.29) is 15.9 Å². The number of hydrogen-bond donors (Lipinski definition) is 1. The Labute approximate surface area is 158 Å². The molecular formula is C14H11ClF6N4OS. The molecule has 0 aliphatic heterocycles. The molecule has 2 rings (SSSR count). The highest BCUT2D eigenvalue weighted by Gasteiger charge is 2.38. The number of nitrogens with one attached hydrogen (secondary N) is 1. The maximum atomic E-state index is 12.8. The highest BCUT2D eigenvalue weighted by atomic mass is 35.5. The molecular weight excluding hydrogens is 422 g/mol. The van der Waals surface area contributed by atoms with Crippen molar-refractivity contribution in [1.29, 1.82) is 0 Å². The molecule has 1 amide bonds. The maximum Gasteiger partial charge on any atom is 0.451 e. The molecule has 0 radical (unpaired) electrons. The average Bonchev–Trinajstić information content (AvgIpc) is 2.89. The third kappa shape index (κ3) is 5.06. The van der Waals surface area contributed by atoms with Crippen LogP contribution in [0.2, 0.25) is 5.02 Å². The summed E-state index contributed by atoms with van der Waals surface area (Å²) >= 11 is 6.46. The average molecular weight is 433 g/mol. The van der Waals surface area contributed by atoms with Crippen LogP contribution in [0.5, 0.6) is 0 Å². The zero-order valence-corrected chi connectivity index (χ0v) is 15.2. The predicted molar refractivity (Wildman–Crippen MR) is 86.4 cm³/mol. The van der Waals surface area contributed by atoms with Crippen molar-refractivity contribution in [2.75, 3.05) is 5.32 Å². The van der Waals surface area contributed by atoms with Gasteiger partial charge in [-0.2, -0.15) is 26.3 Å². The molecule has 27 heavy (non-hydrogen) atoms. The van der Waals surface area contributed by atoms with Crippen LogP contribution in [0.1, 0.15) is 18.3 Å². The highest BCUT2D eigenvalue weighted by molar-refractivity contribution is 8.00. The van der Waals surface area contributed by atoms with Crippen molar-refractivity contribution in [3.05, 3.63) is 34.6 Å². The van der Waals surface area contributed by atoms with Crippen LogP contribution in [0, 0.1) is 0 Å². The Morgan fingerprint density at radius 3 is 2.33 bits per heavy atom. The first-order chi connectivity index (χ1) is 12.3. The fourth-order valence-corrected chi connectivity index (χ4v) is 2.89. The highest BCUT2D eigenvalue weighted by Crippen LogP contribution is 2.35. The van der Waals surface area contributed by atoms with Gasteiger partial charge in [-0.3, -0.25) is 4.79 Å². The normalized spacial score (nSPS) is 13.5. The summed E-state index contributed by atoms with van der Waals surface area (Å²) in [5.74, 6) is -2.00. The van der Waals surface area contributed by atoms with Gasteiger partial charge in [0.25, 0.3) is 0 Å². The van der Waals surface area contributed by atoms with Gasteiger partial charge < -0.3 is 9.88 Å². The summed E-state index contributed by atoms with van der Waals surface area (Å²) in [5.41, 5.74) is -1.27. The van der Waals surface area contributed by atoms with Crippen LogP contribution in [-0.2, 0) is 24.2 Å². The van der Waals surface area contributed by atoms with Crippen LogP contribution in [0.25, 0.3) is 0 Å². The number of thioether (sulfide) groups is 1. The van der Waals surface area contributed by atoms with Gasteiger partial charge >= 0.3 is 12.4 Å². The van der Waals surface area contributed by atoms with Gasteiger partial charge in [-0.1, -0.05) is 23.4 Å². The van der Waals surface area contributed by atoms with Gasteiger partial charge in [-0.15, -0.1) is 10.2 Å². The van der Waals surface area contributed by atoms with Crippen molar-refractivity contribution in [3.63, 3.8) is 0 Å². The topological polar surface area (TPSA) is 59.8 Å². The number of aromatic nitrogens is 3.